The highest BCUT2D eigenvalue weighted by molar-refractivity contribution is 6.17. The molecule has 66 valence electrons. The first-order valence-corrected chi connectivity index (χ1v) is 3.92. The van der Waals surface area contributed by atoms with E-state index in [1.54, 1.807) is 6.07 Å². The molecule has 1 aliphatic heterocycles. The van der Waals surface area contributed by atoms with E-state index < -0.39 is 5.97 Å². The van der Waals surface area contributed by atoms with Crippen LogP contribution in [0.3, 0.4) is 0 Å². The summed E-state index contributed by atoms with van der Waals surface area (Å²) in [5, 5.41) is 8.85. The largest absolute Gasteiger partial charge is 0.515 e. The number of carbonyl (C=O) groups excluding carboxylic acids is 1. The molecule has 0 spiro atoms. The summed E-state index contributed by atoms with van der Waals surface area (Å²) in [6, 6.07) is 7.34. The van der Waals surface area contributed by atoms with Crippen molar-refractivity contribution in [2.45, 2.75) is 6.61 Å². The predicted octanol–water partition coefficient (Wildman–Crippen LogP) is 1.64. The van der Waals surface area contributed by atoms with Gasteiger partial charge < -0.3 is 9.84 Å². The van der Waals surface area contributed by atoms with Gasteiger partial charge in [0, 0.05) is 0 Å². The number of carbonyl (C=O) groups is 1. The van der Waals surface area contributed by atoms with Crippen LogP contribution in [0.2, 0.25) is 0 Å². The number of aliphatic hydroxyl groups excluding tert-OH is 1. The first-order chi connectivity index (χ1) is 6.33. The second-order valence-electron chi connectivity index (χ2n) is 2.78. The van der Waals surface area contributed by atoms with Crippen LogP contribution in [0, 0.1) is 0 Å². The number of benzene rings is 1. The fourth-order valence-electron chi connectivity index (χ4n) is 1.36. The van der Waals surface area contributed by atoms with Crippen LogP contribution in [0.5, 0.6) is 0 Å². The Morgan fingerprint density at radius 2 is 2.15 bits per heavy atom. The molecule has 0 radical (unpaired) electrons. The SMILES string of the molecule is O=C1OCc2ccccc2/C1=C/O. The Kier molecular flexibility index (Phi) is 1.77. The predicted molar refractivity (Wildman–Crippen MR) is 46.8 cm³/mol. The first-order valence-electron chi connectivity index (χ1n) is 3.92. The van der Waals surface area contributed by atoms with Gasteiger partial charge in [0.1, 0.15) is 12.2 Å². The topological polar surface area (TPSA) is 46.5 Å². The van der Waals surface area contributed by atoms with Crippen molar-refractivity contribution in [1.29, 1.82) is 0 Å². The van der Waals surface area contributed by atoms with E-state index in [0.717, 1.165) is 17.4 Å². The number of cyclic esters (lactones) is 1. The molecule has 0 aromatic heterocycles. The van der Waals surface area contributed by atoms with Gasteiger partial charge in [-0.3, -0.25) is 0 Å². The maximum atomic E-state index is 11.1. The van der Waals surface area contributed by atoms with Crippen LogP contribution < -0.4 is 0 Å². The summed E-state index contributed by atoms with van der Waals surface area (Å²) in [6.07, 6.45) is 0.792. The third kappa shape index (κ3) is 1.18. The lowest BCUT2D eigenvalue weighted by atomic mass is 9.99. The molecule has 3 nitrogen and oxygen atoms in total. The molecule has 1 aromatic rings. The number of ether oxygens (including phenoxy) is 1. The zero-order valence-corrected chi connectivity index (χ0v) is 6.86. The standard InChI is InChI=1S/C10H8O3/c11-5-9-8-4-2-1-3-7(8)6-13-10(9)12/h1-5,11H,6H2/b9-5-. The molecule has 0 saturated heterocycles. The Balaban J connectivity index is 2.58. The van der Waals surface area contributed by atoms with Crippen LogP contribution in [0.4, 0.5) is 0 Å². The molecule has 0 aliphatic carbocycles. The van der Waals surface area contributed by atoms with Crippen LogP contribution in [-0.2, 0) is 16.1 Å². The van der Waals surface area contributed by atoms with Gasteiger partial charge in [-0.05, 0) is 11.1 Å². The Morgan fingerprint density at radius 1 is 1.38 bits per heavy atom. The Hall–Kier alpha value is -1.77. The number of hydrogen-bond acceptors (Lipinski definition) is 3. The van der Waals surface area contributed by atoms with Crippen molar-refractivity contribution in [2.75, 3.05) is 0 Å². The summed E-state index contributed by atoms with van der Waals surface area (Å²) in [7, 11) is 0. The van der Waals surface area contributed by atoms with Crippen molar-refractivity contribution in [1.82, 2.24) is 0 Å². The molecule has 1 heterocycles. The maximum Gasteiger partial charge on any atom is 0.342 e. The molecule has 1 aliphatic rings. The average molecular weight is 176 g/mol. The second-order valence-corrected chi connectivity index (χ2v) is 2.78. The number of rotatable bonds is 0. The lowest BCUT2D eigenvalue weighted by Crippen LogP contribution is -2.15. The molecule has 0 amide bonds. The van der Waals surface area contributed by atoms with Crippen molar-refractivity contribution in [3.8, 4) is 0 Å². The van der Waals surface area contributed by atoms with Crippen molar-refractivity contribution in [3.63, 3.8) is 0 Å². The minimum absolute atomic E-state index is 0.224. The van der Waals surface area contributed by atoms with Crippen LogP contribution in [-0.4, -0.2) is 11.1 Å². The number of esters is 1. The van der Waals surface area contributed by atoms with Gasteiger partial charge in [0.15, 0.2) is 0 Å². The van der Waals surface area contributed by atoms with Crippen molar-refractivity contribution < 1.29 is 14.6 Å². The highest BCUT2D eigenvalue weighted by Crippen LogP contribution is 2.25. The minimum atomic E-state index is -0.471. The quantitative estimate of drug-likeness (QED) is 0.371. The molecular formula is C10H8O3. The van der Waals surface area contributed by atoms with E-state index in [2.05, 4.69) is 0 Å². The van der Waals surface area contributed by atoms with E-state index in [1.165, 1.54) is 0 Å². The van der Waals surface area contributed by atoms with Crippen LogP contribution in [0.25, 0.3) is 5.57 Å². The van der Waals surface area contributed by atoms with Gasteiger partial charge in [0.25, 0.3) is 0 Å². The van der Waals surface area contributed by atoms with Gasteiger partial charge in [-0.2, -0.15) is 0 Å². The average Bonchev–Trinajstić information content (AvgIpc) is 2.18. The molecule has 3 heteroatoms. The zero-order valence-electron chi connectivity index (χ0n) is 6.86. The highest BCUT2D eigenvalue weighted by atomic mass is 16.5. The minimum Gasteiger partial charge on any atom is -0.515 e. The zero-order chi connectivity index (χ0) is 9.26. The van der Waals surface area contributed by atoms with Gasteiger partial charge in [-0.25, -0.2) is 4.79 Å². The van der Waals surface area contributed by atoms with Gasteiger partial charge >= 0.3 is 5.97 Å². The van der Waals surface area contributed by atoms with Crippen molar-refractivity contribution in [2.24, 2.45) is 0 Å². The summed E-state index contributed by atoms with van der Waals surface area (Å²) >= 11 is 0. The van der Waals surface area contributed by atoms with E-state index in [1.807, 2.05) is 18.2 Å². The summed E-state index contributed by atoms with van der Waals surface area (Å²) in [6.45, 7) is 0.284. The Labute approximate surface area is 75.3 Å². The third-order valence-electron chi connectivity index (χ3n) is 2.02. The molecule has 0 fully saturated rings. The van der Waals surface area contributed by atoms with E-state index >= 15 is 0 Å². The smallest absolute Gasteiger partial charge is 0.342 e. The Morgan fingerprint density at radius 3 is 2.92 bits per heavy atom. The van der Waals surface area contributed by atoms with Crippen LogP contribution >= 0.6 is 0 Å². The highest BCUT2D eigenvalue weighted by Gasteiger charge is 2.22. The van der Waals surface area contributed by atoms with E-state index in [-0.39, 0.29) is 12.2 Å². The Bertz CT molecular complexity index is 380. The monoisotopic (exact) mass is 176 g/mol. The van der Waals surface area contributed by atoms with Crippen molar-refractivity contribution in [3.05, 3.63) is 41.7 Å². The van der Waals surface area contributed by atoms with Crippen molar-refractivity contribution >= 4 is 11.5 Å². The number of fused-ring (bicyclic) bond motifs is 1. The van der Waals surface area contributed by atoms with E-state index in [9.17, 15) is 4.79 Å². The fraction of sp³-hybridized carbons (Fsp3) is 0.100. The molecule has 1 aromatic carbocycles. The summed E-state index contributed by atoms with van der Waals surface area (Å²) in [5.74, 6) is -0.471. The molecule has 13 heavy (non-hydrogen) atoms. The second kappa shape index (κ2) is 2.94. The summed E-state index contributed by atoms with van der Waals surface area (Å²) < 4.78 is 4.84. The summed E-state index contributed by atoms with van der Waals surface area (Å²) in [5.41, 5.74) is 1.89. The molecule has 2 rings (SSSR count). The van der Waals surface area contributed by atoms with E-state index in [0.29, 0.717) is 0 Å². The van der Waals surface area contributed by atoms with Gasteiger partial charge in [-0.15, -0.1) is 0 Å². The molecule has 0 bridgehead atoms. The van der Waals surface area contributed by atoms with Crippen LogP contribution in [0.1, 0.15) is 11.1 Å². The molecule has 0 atom stereocenters. The lowest BCUT2D eigenvalue weighted by molar-refractivity contribution is -0.138. The number of hydrogen-bond donors (Lipinski definition) is 1. The third-order valence-corrected chi connectivity index (χ3v) is 2.02. The molecule has 0 unspecified atom stereocenters. The molecule has 1 N–H and O–H groups in total. The van der Waals surface area contributed by atoms with Gasteiger partial charge in [-0.1, -0.05) is 24.3 Å². The molecule has 0 saturated carbocycles. The molecular weight excluding hydrogens is 168 g/mol. The van der Waals surface area contributed by atoms with Gasteiger partial charge in [0.05, 0.1) is 6.26 Å². The van der Waals surface area contributed by atoms with Gasteiger partial charge in [0.2, 0.25) is 0 Å². The maximum absolute atomic E-state index is 11.1. The summed E-state index contributed by atoms with van der Waals surface area (Å²) in [4.78, 5) is 11.1. The number of aliphatic hydroxyl groups is 1. The lowest BCUT2D eigenvalue weighted by Gasteiger charge is -2.17. The fourth-order valence-corrected chi connectivity index (χ4v) is 1.36. The van der Waals surface area contributed by atoms with E-state index in [4.69, 9.17) is 9.84 Å². The first kappa shape index (κ1) is 7.86. The normalized spacial score (nSPS) is 18.2. The van der Waals surface area contributed by atoms with Crippen LogP contribution in [0.15, 0.2) is 30.5 Å².